The van der Waals surface area contributed by atoms with Crippen molar-refractivity contribution < 1.29 is 46.4 Å². The van der Waals surface area contributed by atoms with Crippen molar-refractivity contribution in [2.45, 2.75) is 120 Å². The second kappa shape index (κ2) is 15.7. The monoisotopic (exact) mass is 594 g/mol. The number of rotatable bonds is 3. The Morgan fingerprint density at radius 3 is 0.725 bits per heavy atom. The van der Waals surface area contributed by atoms with E-state index in [2.05, 4.69) is 16.0 Å². The molecule has 0 fully saturated rings. The Morgan fingerprint density at radius 2 is 0.575 bits per heavy atom. The Labute approximate surface area is 287 Å². The standard InChI is InChI=1S/3C12H18N.Ti/c3*1-9-6-10(2)8-11(7-9)13-12(3,4)5;/h3*6-8H,1-5H3;/q3*-1;+3/i3*3D3,4D3;. The number of nitrogens with zero attached hydrogens (tertiary/aromatic N) is 3. The number of aryl methyl sites for hydroxylation is 6. The van der Waals surface area contributed by atoms with Gasteiger partial charge in [0.2, 0.25) is 0 Å². The fraction of sp³-hybridized carbons (Fsp3) is 0.500. The molecule has 1 radical (unpaired) electrons. The van der Waals surface area contributed by atoms with Gasteiger partial charge in [-0.15, -0.1) is 33.7 Å². The van der Waals surface area contributed by atoms with Gasteiger partial charge in [-0.05, 0) is 41.5 Å². The third-order valence-electron chi connectivity index (χ3n) is 4.68. The maximum absolute atomic E-state index is 7.48. The molecule has 4 heteroatoms. The van der Waals surface area contributed by atoms with Crippen LogP contribution in [-0.2, 0) is 21.7 Å². The molecule has 0 saturated carbocycles. The zero-order valence-electron chi connectivity index (χ0n) is 43.0. The SMILES string of the molecule is [2H]C([2H])([2H])C(C)([N-]c1cc(C)cc(C)c1)C([2H])([2H])[2H].[2H]C([2H])([2H])C(C)([N-]c1cc(C)cc(C)c1)C([2H])([2H])[2H].[2H]C([2H])([2H])C(C)([N-]c1cc(C)cc(C)c1)C([2H])([2H])[2H].[Ti+3]. The molecule has 0 unspecified atom stereocenters. The fourth-order valence-corrected chi connectivity index (χ4v) is 3.82. The predicted molar refractivity (Wildman–Crippen MR) is 176 cm³/mol. The Kier molecular flexibility index (Phi) is 6.68. The minimum atomic E-state index is -2.70. The predicted octanol–water partition coefficient (Wildman–Crippen LogP) is 12.3. The first-order valence-corrected chi connectivity index (χ1v) is 12.5. The molecular formula is C36H54N3Ti. The van der Waals surface area contributed by atoms with E-state index in [0.717, 1.165) is 54.2 Å². The summed E-state index contributed by atoms with van der Waals surface area (Å²) in [4.78, 5) is 0. The third kappa shape index (κ3) is 18.2. The zero-order chi connectivity index (χ0) is 45.2. The fourth-order valence-electron chi connectivity index (χ4n) is 3.82. The first-order chi connectivity index (χ1) is 25.1. The molecule has 3 rings (SSSR count). The van der Waals surface area contributed by atoms with E-state index in [4.69, 9.17) is 24.7 Å². The molecule has 0 aliphatic heterocycles. The Balaban J connectivity index is 0.000000833. The molecule has 0 heterocycles. The summed E-state index contributed by atoms with van der Waals surface area (Å²) in [6, 6.07) is 15.9. The number of hydrogen-bond acceptors (Lipinski definition) is 0. The van der Waals surface area contributed by atoms with E-state index in [9.17, 15) is 0 Å². The molecule has 0 aliphatic carbocycles. The van der Waals surface area contributed by atoms with Crippen LogP contribution in [0.5, 0.6) is 0 Å². The summed E-state index contributed by atoms with van der Waals surface area (Å²) in [7, 11) is 0. The van der Waals surface area contributed by atoms with Gasteiger partial charge in [0, 0.05) is 24.7 Å². The van der Waals surface area contributed by atoms with Crippen molar-refractivity contribution >= 4 is 17.1 Å². The molecule has 3 aromatic carbocycles. The second-order valence-corrected chi connectivity index (χ2v) is 10.6. The van der Waals surface area contributed by atoms with Crippen LogP contribution in [0.25, 0.3) is 16.0 Å². The van der Waals surface area contributed by atoms with E-state index < -0.39 is 57.7 Å². The van der Waals surface area contributed by atoms with Gasteiger partial charge < -0.3 is 16.0 Å². The van der Waals surface area contributed by atoms with Gasteiger partial charge in [-0.25, -0.2) is 0 Å². The molecular weight excluding hydrogens is 522 g/mol. The molecule has 0 spiro atoms. The molecule has 0 N–H and O–H groups in total. The van der Waals surface area contributed by atoms with Gasteiger partial charge in [0.25, 0.3) is 0 Å². The molecule has 3 aromatic rings. The topological polar surface area (TPSA) is 42.3 Å². The Morgan fingerprint density at radius 1 is 0.400 bits per heavy atom. The Hall–Kier alpha value is -2.23. The summed E-state index contributed by atoms with van der Waals surface area (Å²) >= 11 is 0. The number of benzene rings is 3. The maximum atomic E-state index is 7.48. The van der Waals surface area contributed by atoms with Crippen molar-refractivity contribution in [1.29, 1.82) is 0 Å². The average Bonchev–Trinajstić information content (AvgIpc) is 2.92. The van der Waals surface area contributed by atoms with Crippen molar-refractivity contribution in [2.24, 2.45) is 0 Å². The van der Waals surface area contributed by atoms with Gasteiger partial charge in [0.05, 0.1) is 0 Å². The Bertz CT molecular complexity index is 1490. The van der Waals surface area contributed by atoms with Crippen molar-refractivity contribution in [2.75, 3.05) is 0 Å². The van der Waals surface area contributed by atoms with E-state index in [1.54, 1.807) is 36.4 Å². The van der Waals surface area contributed by atoms with E-state index in [-0.39, 0.29) is 21.7 Å². The largest absolute Gasteiger partial charge is 3.00 e. The van der Waals surface area contributed by atoms with E-state index >= 15 is 0 Å². The molecule has 40 heavy (non-hydrogen) atoms. The van der Waals surface area contributed by atoms with E-state index in [1.165, 1.54) is 0 Å². The van der Waals surface area contributed by atoms with Gasteiger partial charge >= 0.3 is 21.7 Å². The van der Waals surface area contributed by atoms with Crippen molar-refractivity contribution in [3.63, 3.8) is 0 Å². The van der Waals surface area contributed by atoms with Crippen LogP contribution in [0, 0.1) is 41.5 Å². The van der Waals surface area contributed by atoms with Crippen LogP contribution < -0.4 is 0 Å². The molecule has 0 amide bonds. The van der Waals surface area contributed by atoms with Crippen LogP contribution in [0.4, 0.5) is 17.1 Å². The summed E-state index contributed by atoms with van der Waals surface area (Å²) in [5, 5.41) is 12.1. The molecule has 0 saturated heterocycles. The number of hydrogen-bond donors (Lipinski definition) is 0. The first-order valence-electron chi connectivity index (χ1n) is 21.5. The van der Waals surface area contributed by atoms with Gasteiger partial charge in [-0.2, -0.15) is 0 Å². The van der Waals surface area contributed by atoms with Crippen molar-refractivity contribution in [1.82, 2.24) is 0 Å². The van der Waals surface area contributed by atoms with Crippen LogP contribution in [0.2, 0.25) is 0 Å². The first kappa shape index (κ1) is 17.0. The molecule has 0 atom stereocenters. The normalized spacial score (nSPS) is 19.7. The minimum Gasteiger partial charge on any atom is -0.680 e. The summed E-state index contributed by atoms with van der Waals surface area (Å²) in [6.45, 7) is -1.59. The van der Waals surface area contributed by atoms with Gasteiger partial charge in [-0.1, -0.05) is 150 Å². The smallest absolute Gasteiger partial charge is 0.680 e. The maximum Gasteiger partial charge on any atom is 3.00 e. The van der Waals surface area contributed by atoms with Gasteiger partial charge in [0.15, 0.2) is 0 Å². The van der Waals surface area contributed by atoms with Crippen LogP contribution in [-0.4, -0.2) is 16.6 Å². The quantitative estimate of drug-likeness (QED) is 0.271. The summed E-state index contributed by atoms with van der Waals surface area (Å²) in [5.41, 5.74) is 0.297. The van der Waals surface area contributed by atoms with Crippen LogP contribution in [0.3, 0.4) is 0 Å². The van der Waals surface area contributed by atoms with Crippen molar-refractivity contribution in [3.8, 4) is 0 Å². The summed E-state index contributed by atoms with van der Waals surface area (Å²) in [6.07, 6.45) is 0. The summed E-state index contributed by atoms with van der Waals surface area (Å²) < 4.78 is 135. The molecule has 0 bridgehead atoms. The van der Waals surface area contributed by atoms with Crippen LogP contribution in [0.1, 0.15) is 120 Å². The summed E-state index contributed by atoms with van der Waals surface area (Å²) in [5.74, 6) is 0. The average molecular weight is 595 g/mol. The molecule has 0 aliphatic rings. The third-order valence-corrected chi connectivity index (χ3v) is 4.68. The van der Waals surface area contributed by atoms with Gasteiger partial charge in [0.1, 0.15) is 0 Å². The van der Waals surface area contributed by atoms with E-state index in [0.29, 0.717) is 17.1 Å². The zero-order valence-corrected chi connectivity index (χ0v) is 26.6. The molecule has 3 nitrogen and oxygen atoms in total. The van der Waals surface area contributed by atoms with Gasteiger partial charge in [-0.3, -0.25) is 0 Å². The van der Waals surface area contributed by atoms with Crippen LogP contribution in [0.15, 0.2) is 54.6 Å². The van der Waals surface area contributed by atoms with Crippen LogP contribution >= 0.6 is 0 Å². The minimum absolute atomic E-state index is 0. The molecule has 0 aromatic heterocycles. The second-order valence-electron chi connectivity index (χ2n) is 10.6. The molecule has 217 valence electrons. The van der Waals surface area contributed by atoms with Crippen molar-refractivity contribution in [3.05, 3.63) is 104 Å². The van der Waals surface area contributed by atoms with E-state index in [1.807, 2.05) is 59.7 Å².